The summed E-state index contributed by atoms with van der Waals surface area (Å²) in [5.41, 5.74) is 9.85. The molecule has 0 heterocycles. The summed E-state index contributed by atoms with van der Waals surface area (Å²) < 4.78 is 59.0. The highest BCUT2D eigenvalue weighted by molar-refractivity contribution is 7.88. The van der Waals surface area contributed by atoms with Gasteiger partial charge in [0.1, 0.15) is 9.49 Å². The first-order valence-corrected chi connectivity index (χ1v) is 20.2. The van der Waals surface area contributed by atoms with E-state index < -0.39 is 66.3 Å². The number of carbonyl (C=O) groups is 4. The molecule has 0 aliphatic heterocycles. The van der Waals surface area contributed by atoms with Crippen LogP contribution in [0.5, 0.6) is 0 Å². The van der Waals surface area contributed by atoms with Gasteiger partial charge in [0.15, 0.2) is 0 Å². The second kappa shape index (κ2) is 29.2. The van der Waals surface area contributed by atoms with Crippen LogP contribution < -0.4 is 34.0 Å². The number of hydrogen-bond donors (Lipinski definition) is 6. The number of carboxylic acids is 2. The molecule has 0 aromatic heterocycles. The van der Waals surface area contributed by atoms with Crippen molar-refractivity contribution >= 4 is 44.0 Å². The van der Waals surface area contributed by atoms with Crippen molar-refractivity contribution in [1.29, 1.82) is 0 Å². The van der Waals surface area contributed by atoms with Gasteiger partial charge in [-0.2, -0.15) is 16.8 Å². The van der Waals surface area contributed by atoms with E-state index in [4.69, 9.17) is 11.5 Å². The number of unbranched alkanes of at least 4 members (excludes halogenated alkanes) is 18. The molecule has 0 aliphatic rings. The van der Waals surface area contributed by atoms with Crippen LogP contribution in [0.3, 0.4) is 0 Å². The molecule has 0 rings (SSSR count). The summed E-state index contributed by atoms with van der Waals surface area (Å²) >= 11 is 0. The number of carboxylic acid groups (broad SMARTS) is 2. The van der Waals surface area contributed by atoms with E-state index >= 15 is 0 Å². The Labute approximate surface area is 300 Å². The van der Waals surface area contributed by atoms with E-state index in [1.165, 1.54) is 51.4 Å². The third-order valence-electron chi connectivity index (χ3n) is 8.52. The Balaban J connectivity index is -0.000000407. The van der Waals surface area contributed by atoms with E-state index in [-0.39, 0.29) is 38.0 Å². The number of nitrogens with two attached hydrogens (primary N) is 2. The van der Waals surface area contributed by atoms with Gasteiger partial charge in [0.25, 0.3) is 20.2 Å². The molecule has 0 saturated heterocycles. The third kappa shape index (κ3) is 22.4. The van der Waals surface area contributed by atoms with Crippen LogP contribution in [0, 0.1) is 0 Å². The molecule has 2 unspecified atom stereocenters. The maximum Gasteiger partial charge on any atom is 0.276 e. The standard InChI is InChI=1S/2C16H31NO6S.2H3N/c2*1-2-3-4-5-6-7-8-9-10-11-12-16(15(19)20,13-14(17)18)24(21,22)23;;/h2*2-13H2,1H3,(H2,17,18)(H,19,20)(H,21,22,23);2*1H3. The van der Waals surface area contributed by atoms with E-state index in [0.29, 0.717) is 12.8 Å². The SMILES string of the molecule is CCCCCCCCCCCCC(CC(N)=O)(C(=O)[O-])S(=O)(=O)O.CCCCCCCCCCCCC(CC(N)=O)(C(=O)[O-])S(=O)(=O)O.[NH4+].[NH4+]. The minimum Gasteiger partial charge on any atom is -0.548 e. The van der Waals surface area contributed by atoms with Gasteiger partial charge < -0.3 is 43.6 Å². The molecule has 0 saturated carbocycles. The summed E-state index contributed by atoms with van der Waals surface area (Å²) in [4.78, 5) is 44.5. The van der Waals surface area contributed by atoms with E-state index in [9.17, 15) is 55.3 Å². The predicted octanol–water partition coefficient (Wildman–Crippen LogP) is 3.85. The quantitative estimate of drug-likeness (QED) is 0.0449. The first kappa shape index (κ1) is 54.4. The minimum absolute atomic E-state index is 0. The van der Waals surface area contributed by atoms with Crippen LogP contribution in [0.2, 0.25) is 0 Å². The zero-order valence-electron chi connectivity index (χ0n) is 30.9. The van der Waals surface area contributed by atoms with Crippen LogP contribution in [0.4, 0.5) is 0 Å². The zero-order valence-corrected chi connectivity index (χ0v) is 32.6. The molecule has 2 amide bonds. The fourth-order valence-corrected chi connectivity index (χ4v) is 7.41. The summed E-state index contributed by atoms with van der Waals surface area (Å²) in [7, 11) is -9.99. The monoisotopic (exact) mass is 764 g/mol. The smallest absolute Gasteiger partial charge is 0.276 e. The second-order valence-electron chi connectivity index (χ2n) is 12.7. The lowest BCUT2D eigenvalue weighted by Gasteiger charge is -2.30. The molecule has 0 aromatic carbocycles. The highest BCUT2D eigenvalue weighted by atomic mass is 32.2. The highest BCUT2D eigenvalue weighted by Gasteiger charge is 2.46. The Bertz CT molecular complexity index is 1080. The van der Waals surface area contributed by atoms with E-state index in [1.54, 1.807) is 0 Å². The fourth-order valence-electron chi connectivity index (χ4n) is 5.54. The lowest BCUT2D eigenvalue weighted by molar-refractivity contribution is -0.311. The first-order chi connectivity index (χ1) is 22.3. The number of hydrogen-bond acceptors (Lipinski definition) is 10. The Kier molecular flexibility index (Phi) is 31.8. The van der Waals surface area contributed by atoms with Crippen molar-refractivity contribution in [2.45, 2.75) is 177 Å². The number of rotatable bonds is 30. The number of aliphatic carboxylic acids is 2. The van der Waals surface area contributed by atoms with Crippen LogP contribution in [0.1, 0.15) is 168 Å². The van der Waals surface area contributed by atoms with Crippen molar-refractivity contribution in [2.24, 2.45) is 11.5 Å². The van der Waals surface area contributed by atoms with Crippen molar-refractivity contribution < 1.29 is 55.3 Å². The van der Waals surface area contributed by atoms with Crippen LogP contribution in [-0.2, 0) is 39.4 Å². The maximum atomic E-state index is 11.4. The van der Waals surface area contributed by atoms with Crippen molar-refractivity contribution in [3.8, 4) is 0 Å². The van der Waals surface area contributed by atoms with Gasteiger partial charge in [0, 0.05) is 0 Å². The molecule has 0 spiro atoms. The molecule has 0 bridgehead atoms. The third-order valence-corrected chi connectivity index (χ3v) is 11.5. The van der Waals surface area contributed by atoms with Crippen LogP contribution in [0.15, 0.2) is 0 Å². The van der Waals surface area contributed by atoms with Crippen LogP contribution in [0.25, 0.3) is 0 Å². The highest BCUT2D eigenvalue weighted by Crippen LogP contribution is 2.29. The average molecular weight is 765 g/mol. The van der Waals surface area contributed by atoms with Crippen LogP contribution in [-0.4, -0.2) is 59.2 Å². The lowest BCUT2D eigenvalue weighted by atomic mass is 9.95. The predicted molar refractivity (Wildman–Crippen MR) is 191 cm³/mol. The van der Waals surface area contributed by atoms with Gasteiger partial charge in [-0.1, -0.05) is 142 Å². The maximum absolute atomic E-state index is 11.4. The van der Waals surface area contributed by atoms with Crippen molar-refractivity contribution in [3.63, 3.8) is 0 Å². The first-order valence-electron chi connectivity index (χ1n) is 17.3. The van der Waals surface area contributed by atoms with Gasteiger partial charge in [-0.15, -0.1) is 0 Å². The average Bonchev–Trinajstić information content (AvgIpc) is 2.96. The number of primary amides is 2. The summed E-state index contributed by atoms with van der Waals surface area (Å²) in [6.07, 6.45) is 17.1. The number of carbonyl (C=O) groups excluding carboxylic acids is 4. The molecular formula is C32H68N4O12S2. The van der Waals surface area contributed by atoms with Gasteiger partial charge in [-0.3, -0.25) is 18.7 Å². The summed E-state index contributed by atoms with van der Waals surface area (Å²) in [5, 5.41) is 22.5. The Morgan fingerprint density at radius 2 is 0.680 bits per heavy atom. The minimum atomic E-state index is -4.99. The number of amides is 2. The molecule has 0 aliphatic carbocycles. The van der Waals surface area contributed by atoms with Crippen molar-refractivity contribution in [1.82, 2.24) is 12.3 Å². The number of quaternary nitrogens is 2. The van der Waals surface area contributed by atoms with Crippen molar-refractivity contribution in [2.75, 3.05) is 0 Å². The Morgan fingerprint density at radius 3 is 0.840 bits per heavy atom. The van der Waals surface area contributed by atoms with Crippen LogP contribution >= 0.6 is 0 Å². The Hall–Kier alpha value is -2.38. The summed E-state index contributed by atoms with van der Waals surface area (Å²) in [5.74, 6) is -6.19. The molecule has 0 aromatic rings. The van der Waals surface area contributed by atoms with E-state index in [1.807, 2.05) is 0 Å². The topological polar surface area (TPSA) is 348 Å². The molecule has 14 N–H and O–H groups in total. The summed E-state index contributed by atoms with van der Waals surface area (Å²) in [6, 6.07) is 0. The fraction of sp³-hybridized carbons (Fsp3) is 0.875. The largest absolute Gasteiger partial charge is 0.548 e. The van der Waals surface area contributed by atoms with Gasteiger partial charge in [-0.05, 0) is 12.8 Å². The molecule has 2 atom stereocenters. The van der Waals surface area contributed by atoms with Gasteiger partial charge >= 0.3 is 0 Å². The molecule has 18 heteroatoms. The van der Waals surface area contributed by atoms with Gasteiger partial charge in [0.2, 0.25) is 11.8 Å². The zero-order chi connectivity index (χ0) is 37.3. The molecule has 16 nitrogen and oxygen atoms in total. The van der Waals surface area contributed by atoms with Gasteiger partial charge in [0.05, 0.1) is 24.8 Å². The molecular weight excluding hydrogens is 697 g/mol. The molecule has 300 valence electrons. The van der Waals surface area contributed by atoms with Gasteiger partial charge in [-0.25, -0.2) is 0 Å². The second-order valence-corrected chi connectivity index (χ2v) is 16.1. The Morgan fingerprint density at radius 1 is 0.480 bits per heavy atom. The van der Waals surface area contributed by atoms with E-state index in [0.717, 1.165) is 51.4 Å². The van der Waals surface area contributed by atoms with E-state index in [2.05, 4.69) is 13.8 Å². The summed E-state index contributed by atoms with van der Waals surface area (Å²) in [6.45, 7) is 4.33. The van der Waals surface area contributed by atoms with Crippen molar-refractivity contribution in [3.05, 3.63) is 0 Å². The molecule has 0 radical (unpaired) electrons. The molecule has 50 heavy (non-hydrogen) atoms. The lowest BCUT2D eigenvalue weighted by Crippen LogP contribution is -2.55. The molecule has 0 fully saturated rings. The normalized spacial score (nSPS) is 13.7.